The van der Waals surface area contributed by atoms with Gasteiger partial charge in [0.2, 0.25) is 0 Å². The van der Waals surface area contributed by atoms with Gasteiger partial charge >= 0.3 is 0 Å². The van der Waals surface area contributed by atoms with Crippen LogP contribution in [0.4, 0.5) is 11.4 Å². The lowest BCUT2D eigenvalue weighted by molar-refractivity contribution is 0.877. The zero-order valence-electron chi connectivity index (χ0n) is 10.1. The molecular formula is C15H18N2. The van der Waals surface area contributed by atoms with Gasteiger partial charge in [-0.05, 0) is 36.2 Å². The zero-order chi connectivity index (χ0) is 12.1. The molecule has 2 aromatic carbocycles. The van der Waals surface area contributed by atoms with E-state index in [-0.39, 0.29) is 0 Å². The van der Waals surface area contributed by atoms with E-state index in [4.69, 9.17) is 5.73 Å². The fourth-order valence-electron chi connectivity index (χ4n) is 1.79. The maximum atomic E-state index is 5.66. The van der Waals surface area contributed by atoms with Gasteiger partial charge in [0.1, 0.15) is 0 Å². The Hall–Kier alpha value is -1.96. The molecule has 0 unspecified atom stereocenters. The van der Waals surface area contributed by atoms with Crippen LogP contribution >= 0.6 is 0 Å². The minimum atomic E-state index is 0.824. The van der Waals surface area contributed by atoms with E-state index in [1.807, 2.05) is 18.2 Å². The lowest BCUT2D eigenvalue weighted by Crippen LogP contribution is -2.20. The van der Waals surface area contributed by atoms with E-state index in [2.05, 4.69) is 48.3 Å². The highest BCUT2D eigenvalue weighted by atomic mass is 15.1. The van der Waals surface area contributed by atoms with Crippen LogP contribution in [-0.2, 0) is 6.42 Å². The molecule has 0 aliphatic carbocycles. The van der Waals surface area contributed by atoms with E-state index in [9.17, 15) is 0 Å². The lowest BCUT2D eigenvalue weighted by Gasteiger charge is -2.19. The average molecular weight is 226 g/mol. The maximum Gasteiger partial charge on any atom is 0.0363 e. The van der Waals surface area contributed by atoms with Gasteiger partial charge in [-0.1, -0.05) is 30.3 Å². The topological polar surface area (TPSA) is 29.3 Å². The largest absolute Gasteiger partial charge is 0.399 e. The molecule has 0 radical (unpaired) electrons. The molecule has 0 aliphatic rings. The van der Waals surface area contributed by atoms with Crippen molar-refractivity contribution in [1.82, 2.24) is 0 Å². The second-order valence-electron chi connectivity index (χ2n) is 4.25. The van der Waals surface area contributed by atoms with Crippen LogP contribution in [0.2, 0.25) is 0 Å². The summed E-state index contributed by atoms with van der Waals surface area (Å²) < 4.78 is 0. The molecule has 0 saturated carbocycles. The van der Waals surface area contributed by atoms with Gasteiger partial charge in [-0.3, -0.25) is 0 Å². The number of hydrogen-bond donors (Lipinski definition) is 1. The third-order valence-corrected chi connectivity index (χ3v) is 2.91. The monoisotopic (exact) mass is 226 g/mol. The van der Waals surface area contributed by atoms with Crippen molar-refractivity contribution in [3.8, 4) is 0 Å². The molecule has 0 aliphatic heterocycles. The van der Waals surface area contributed by atoms with Gasteiger partial charge in [-0.25, -0.2) is 0 Å². The minimum Gasteiger partial charge on any atom is -0.399 e. The number of nitrogens with zero attached hydrogens (tertiary/aromatic N) is 1. The van der Waals surface area contributed by atoms with Crippen LogP contribution in [0.3, 0.4) is 0 Å². The second-order valence-corrected chi connectivity index (χ2v) is 4.25. The first kappa shape index (κ1) is 11.5. The van der Waals surface area contributed by atoms with Gasteiger partial charge < -0.3 is 10.6 Å². The quantitative estimate of drug-likeness (QED) is 0.812. The minimum absolute atomic E-state index is 0.824. The molecule has 0 fully saturated rings. The summed E-state index contributed by atoms with van der Waals surface area (Å²) in [5.41, 5.74) is 9.06. The van der Waals surface area contributed by atoms with Gasteiger partial charge in [0, 0.05) is 25.0 Å². The van der Waals surface area contributed by atoms with Crippen LogP contribution in [0, 0.1) is 0 Å². The van der Waals surface area contributed by atoms with Crippen LogP contribution in [0.25, 0.3) is 0 Å². The molecule has 0 aromatic heterocycles. The molecular weight excluding hydrogens is 208 g/mol. The first-order valence-corrected chi connectivity index (χ1v) is 5.86. The molecule has 2 rings (SSSR count). The van der Waals surface area contributed by atoms with Gasteiger partial charge in [0.25, 0.3) is 0 Å². The van der Waals surface area contributed by atoms with Crippen molar-refractivity contribution >= 4 is 11.4 Å². The predicted octanol–water partition coefficient (Wildman–Crippen LogP) is 2.95. The van der Waals surface area contributed by atoms with Crippen molar-refractivity contribution in [2.75, 3.05) is 24.2 Å². The number of likely N-dealkylation sites (N-methyl/N-ethyl adjacent to an activating group) is 1. The van der Waals surface area contributed by atoms with Crippen LogP contribution in [0.5, 0.6) is 0 Å². The molecule has 2 N–H and O–H groups in total. The van der Waals surface area contributed by atoms with E-state index < -0.39 is 0 Å². The van der Waals surface area contributed by atoms with E-state index in [0.717, 1.165) is 18.7 Å². The Morgan fingerprint density at radius 1 is 0.941 bits per heavy atom. The molecule has 17 heavy (non-hydrogen) atoms. The number of nitrogens with two attached hydrogens (primary N) is 1. The Morgan fingerprint density at radius 2 is 1.59 bits per heavy atom. The van der Waals surface area contributed by atoms with Crippen molar-refractivity contribution in [1.29, 1.82) is 0 Å². The number of hydrogen-bond acceptors (Lipinski definition) is 2. The summed E-state index contributed by atoms with van der Waals surface area (Å²) in [6.07, 6.45) is 1.03. The van der Waals surface area contributed by atoms with Crippen molar-refractivity contribution in [3.63, 3.8) is 0 Å². The molecule has 0 spiro atoms. The lowest BCUT2D eigenvalue weighted by atomic mass is 10.1. The van der Waals surface area contributed by atoms with Crippen LogP contribution < -0.4 is 10.6 Å². The maximum absolute atomic E-state index is 5.66. The first-order valence-electron chi connectivity index (χ1n) is 5.86. The summed E-state index contributed by atoms with van der Waals surface area (Å²) in [4.78, 5) is 2.26. The van der Waals surface area contributed by atoms with Gasteiger partial charge in [-0.2, -0.15) is 0 Å². The Kier molecular flexibility index (Phi) is 3.66. The summed E-state index contributed by atoms with van der Waals surface area (Å²) in [5.74, 6) is 0. The molecule has 0 heterocycles. The average Bonchev–Trinajstić information content (AvgIpc) is 2.39. The highest BCUT2D eigenvalue weighted by molar-refractivity contribution is 5.45. The Morgan fingerprint density at radius 3 is 2.24 bits per heavy atom. The standard InChI is InChI=1S/C15H18N2/c1-17(15-5-3-2-4-6-15)12-11-13-7-9-14(16)10-8-13/h2-10H,11-12,16H2,1H3. The smallest absolute Gasteiger partial charge is 0.0363 e. The van der Waals surface area contributed by atoms with E-state index in [1.165, 1.54) is 11.3 Å². The highest BCUT2D eigenvalue weighted by Crippen LogP contribution is 2.12. The summed E-state index contributed by atoms with van der Waals surface area (Å²) >= 11 is 0. The Labute approximate surface area is 103 Å². The normalized spacial score (nSPS) is 10.2. The van der Waals surface area contributed by atoms with Crippen LogP contribution in [-0.4, -0.2) is 13.6 Å². The highest BCUT2D eigenvalue weighted by Gasteiger charge is 2.00. The number of para-hydroxylation sites is 1. The van der Waals surface area contributed by atoms with E-state index in [0.29, 0.717) is 0 Å². The van der Waals surface area contributed by atoms with Crippen molar-refractivity contribution in [3.05, 3.63) is 60.2 Å². The van der Waals surface area contributed by atoms with Crippen molar-refractivity contribution in [2.24, 2.45) is 0 Å². The van der Waals surface area contributed by atoms with E-state index >= 15 is 0 Å². The summed E-state index contributed by atoms with van der Waals surface area (Å²) in [5, 5.41) is 0. The van der Waals surface area contributed by atoms with Crippen LogP contribution in [0.15, 0.2) is 54.6 Å². The van der Waals surface area contributed by atoms with Gasteiger partial charge in [0.15, 0.2) is 0 Å². The first-order chi connectivity index (χ1) is 8.25. The van der Waals surface area contributed by atoms with E-state index in [1.54, 1.807) is 0 Å². The number of nitrogen functional groups attached to an aromatic ring is 1. The third-order valence-electron chi connectivity index (χ3n) is 2.91. The van der Waals surface area contributed by atoms with Crippen molar-refractivity contribution in [2.45, 2.75) is 6.42 Å². The zero-order valence-corrected chi connectivity index (χ0v) is 10.1. The molecule has 0 bridgehead atoms. The van der Waals surface area contributed by atoms with Crippen LogP contribution in [0.1, 0.15) is 5.56 Å². The van der Waals surface area contributed by atoms with Crippen molar-refractivity contribution < 1.29 is 0 Å². The molecule has 2 nitrogen and oxygen atoms in total. The number of anilines is 2. The van der Waals surface area contributed by atoms with Gasteiger partial charge in [-0.15, -0.1) is 0 Å². The molecule has 2 aromatic rings. The fourth-order valence-corrected chi connectivity index (χ4v) is 1.79. The third kappa shape index (κ3) is 3.25. The number of rotatable bonds is 4. The SMILES string of the molecule is CN(CCc1ccc(N)cc1)c1ccccc1. The molecule has 88 valence electrons. The molecule has 0 saturated heterocycles. The predicted molar refractivity (Wildman–Crippen MR) is 74.3 cm³/mol. The summed E-state index contributed by atoms with van der Waals surface area (Å²) in [6, 6.07) is 18.5. The molecule has 2 heteroatoms. The summed E-state index contributed by atoms with van der Waals surface area (Å²) in [6.45, 7) is 1.01. The Bertz CT molecular complexity index is 448. The molecule has 0 atom stereocenters. The fraction of sp³-hybridized carbons (Fsp3) is 0.200. The number of benzene rings is 2. The summed E-state index contributed by atoms with van der Waals surface area (Å²) in [7, 11) is 2.12. The molecule has 0 amide bonds. The Balaban J connectivity index is 1.92. The second kappa shape index (κ2) is 5.39. The van der Waals surface area contributed by atoms with Gasteiger partial charge in [0.05, 0.1) is 0 Å².